The topological polar surface area (TPSA) is 58.6 Å². The van der Waals surface area contributed by atoms with Gasteiger partial charge in [-0.25, -0.2) is 0 Å². The van der Waals surface area contributed by atoms with E-state index in [9.17, 15) is 9.59 Å². The van der Waals surface area contributed by atoms with Crippen molar-refractivity contribution in [3.8, 4) is 5.75 Å². The summed E-state index contributed by atoms with van der Waals surface area (Å²) in [4.78, 5) is 27.6. The number of anilines is 1. The summed E-state index contributed by atoms with van der Waals surface area (Å²) >= 11 is 0. The molecule has 1 aliphatic rings. The van der Waals surface area contributed by atoms with Crippen LogP contribution in [-0.2, 0) is 16.2 Å². The molecule has 5 heteroatoms. The molecule has 1 saturated heterocycles. The Bertz CT molecular complexity index is 808. The number of hydrogen-bond acceptors (Lipinski definition) is 3. The van der Waals surface area contributed by atoms with E-state index in [-0.39, 0.29) is 11.8 Å². The first-order valence-corrected chi connectivity index (χ1v) is 10.3. The van der Waals surface area contributed by atoms with Crippen molar-refractivity contribution in [3.63, 3.8) is 0 Å². The third-order valence-corrected chi connectivity index (χ3v) is 5.36. The van der Waals surface area contributed by atoms with Crippen molar-refractivity contribution < 1.29 is 14.3 Å². The number of nitrogens with one attached hydrogen (secondary N) is 1. The van der Waals surface area contributed by atoms with E-state index in [0.29, 0.717) is 12.3 Å². The van der Waals surface area contributed by atoms with Crippen LogP contribution in [0.3, 0.4) is 0 Å². The number of nitrogens with zero attached hydrogens (tertiary/aromatic N) is 1. The van der Waals surface area contributed by atoms with Gasteiger partial charge in [-0.15, -0.1) is 0 Å². The average Bonchev–Trinajstić information content (AvgIpc) is 3.03. The van der Waals surface area contributed by atoms with Gasteiger partial charge >= 0.3 is 0 Å². The van der Waals surface area contributed by atoms with Crippen LogP contribution in [0.5, 0.6) is 5.75 Å². The van der Waals surface area contributed by atoms with Crippen LogP contribution in [0, 0.1) is 5.41 Å². The zero-order chi connectivity index (χ0) is 20.7. The van der Waals surface area contributed by atoms with Crippen LogP contribution in [-0.4, -0.2) is 29.8 Å². The summed E-state index contributed by atoms with van der Waals surface area (Å²) in [5, 5.41) is 2.88. The molecule has 29 heavy (non-hydrogen) atoms. The molecule has 2 amide bonds. The van der Waals surface area contributed by atoms with Crippen molar-refractivity contribution in [2.45, 2.75) is 46.1 Å². The lowest BCUT2D eigenvalue weighted by Crippen LogP contribution is -2.47. The Labute approximate surface area is 173 Å². The van der Waals surface area contributed by atoms with Gasteiger partial charge in [0.15, 0.2) is 0 Å². The lowest BCUT2D eigenvalue weighted by Gasteiger charge is -2.30. The van der Waals surface area contributed by atoms with Crippen molar-refractivity contribution in [1.82, 2.24) is 4.90 Å². The van der Waals surface area contributed by atoms with Crippen molar-refractivity contribution in [2.24, 2.45) is 5.41 Å². The van der Waals surface area contributed by atoms with Crippen LogP contribution in [0.2, 0.25) is 0 Å². The van der Waals surface area contributed by atoms with E-state index in [1.165, 1.54) is 0 Å². The average molecular weight is 395 g/mol. The molecule has 5 nitrogen and oxygen atoms in total. The van der Waals surface area contributed by atoms with Gasteiger partial charge in [-0.3, -0.25) is 9.59 Å². The van der Waals surface area contributed by atoms with Gasteiger partial charge in [0.05, 0.1) is 0 Å². The lowest BCUT2D eigenvalue weighted by molar-refractivity contribution is -0.146. The Balaban J connectivity index is 1.56. The molecule has 0 unspecified atom stereocenters. The number of likely N-dealkylation sites (tertiary alicyclic amines) is 1. The van der Waals surface area contributed by atoms with Gasteiger partial charge in [0.2, 0.25) is 11.8 Å². The molecular formula is C24H30N2O3. The molecule has 0 atom stereocenters. The normalized spacial score (nSPS) is 14.8. The minimum absolute atomic E-state index is 0.0975. The van der Waals surface area contributed by atoms with Crippen LogP contribution < -0.4 is 10.1 Å². The molecule has 154 valence electrons. The second kappa shape index (κ2) is 9.59. The molecule has 1 heterocycles. The van der Waals surface area contributed by atoms with Gasteiger partial charge < -0.3 is 15.0 Å². The Morgan fingerprint density at radius 2 is 1.55 bits per heavy atom. The number of benzene rings is 2. The molecule has 0 aromatic heterocycles. The molecule has 0 aliphatic carbocycles. The number of ether oxygens (including phenoxy) is 1. The van der Waals surface area contributed by atoms with Gasteiger partial charge in [-0.05, 0) is 56.5 Å². The maximum Gasteiger partial charge on any atom is 0.239 e. The highest BCUT2D eigenvalue weighted by atomic mass is 16.5. The van der Waals surface area contributed by atoms with Crippen LogP contribution in [0.4, 0.5) is 5.69 Å². The fourth-order valence-electron chi connectivity index (χ4n) is 3.43. The summed E-state index contributed by atoms with van der Waals surface area (Å²) in [5.74, 6) is 0.344. The summed E-state index contributed by atoms with van der Waals surface area (Å²) in [7, 11) is 0. The highest BCUT2D eigenvalue weighted by Gasteiger charge is 2.39. The Hall–Kier alpha value is -2.82. The number of carbonyl (C=O) groups is 2. The van der Waals surface area contributed by atoms with Crippen molar-refractivity contribution in [2.75, 3.05) is 18.4 Å². The van der Waals surface area contributed by atoms with Crippen molar-refractivity contribution in [3.05, 3.63) is 60.2 Å². The first kappa shape index (κ1) is 20.9. The molecule has 0 bridgehead atoms. The summed E-state index contributed by atoms with van der Waals surface area (Å²) in [5.41, 5.74) is 0.643. The first-order valence-electron chi connectivity index (χ1n) is 10.3. The van der Waals surface area contributed by atoms with Gasteiger partial charge in [-0.2, -0.15) is 0 Å². The van der Waals surface area contributed by atoms with Crippen LogP contribution in [0.15, 0.2) is 54.6 Å². The minimum atomic E-state index is -1.10. The maximum atomic E-state index is 12.9. The second-order valence-corrected chi connectivity index (χ2v) is 8.08. The standard InChI is InChI=1S/C24H30N2O3/c1-24(2,23(28)26-16-8-3-4-9-17-26)22(27)25-20-12-14-21(15-13-20)29-18-19-10-6-5-7-11-19/h5-7,10-15H,3-4,8-9,16-18H2,1-2H3,(H,25,27). The van der Waals surface area contributed by atoms with Gasteiger partial charge in [-0.1, -0.05) is 43.2 Å². The predicted molar refractivity (Wildman–Crippen MR) is 115 cm³/mol. The molecule has 0 saturated carbocycles. The first-order chi connectivity index (χ1) is 14.0. The van der Waals surface area contributed by atoms with Crippen LogP contribution in [0.25, 0.3) is 0 Å². The van der Waals surface area contributed by atoms with E-state index >= 15 is 0 Å². The lowest BCUT2D eigenvalue weighted by atomic mass is 9.90. The summed E-state index contributed by atoms with van der Waals surface area (Å²) < 4.78 is 5.78. The third-order valence-electron chi connectivity index (χ3n) is 5.36. The molecule has 0 spiro atoms. The highest BCUT2D eigenvalue weighted by molar-refractivity contribution is 6.09. The smallest absolute Gasteiger partial charge is 0.239 e. The van der Waals surface area contributed by atoms with Crippen LogP contribution in [0.1, 0.15) is 45.1 Å². The molecule has 2 aromatic carbocycles. The molecule has 1 fully saturated rings. The molecule has 2 aromatic rings. The van der Waals surface area contributed by atoms with E-state index in [1.807, 2.05) is 47.4 Å². The Morgan fingerprint density at radius 1 is 0.931 bits per heavy atom. The number of amides is 2. The Morgan fingerprint density at radius 3 is 2.17 bits per heavy atom. The van der Waals surface area contributed by atoms with Gasteiger partial charge in [0.1, 0.15) is 17.8 Å². The second-order valence-electron chi connectivity index (χ2n) is 8.08. The van der Waals surface area contributed by atoms with Crippen molar-refractivity contribution >= 4 is 17.5 Å². The SMILES string of the molecule is CC(C)(C(=O)Nc1ccc(OCc2ccccc2)cc1)C(=O)N1CCCCCC1. The minimum Gasteiger partial charge on any atom is -0.489 e. The molecular weight excluding hydrogens is 364 g/mol. The van der Waals surface area contributed by atoms with E-state index in [2.05, 4.69) is 5.32 Å². The number of carbonyl (C=O) groups excluding carboxylic acids is 2. The predicted octanol–water partition coefficient (Wildman–Crippen LogP) is 4.63. The highest BCUT2D eigenvalue weighted by Crippen LogP contribution is 2.25. The fraction of sp³-hybridized carbons (Fsp3) is 0.417. The largest absolute Gasteiger partial charge is 0.489 e. The van der Waals surface area contributed by atoms with E-state index in [1.54, 1.807) is 26.0 Å². The van der Waals surface area contributed by atoms with Gasteiger partial charge in [0, 0.05) is 18.8 Å². The third kappa shape index (κ3) is 5.59. The summed E-state index contributed by atoms with van der Waals surface area (Å²) in [6.45, 7) is 5.37. The van der Waals surface area contributed by atoms with E-state index in [4.69, 9.17) is 4.74 Å². The number of hydrogen-bond donors (Lipinski definition) is 1. The van der Waals surface area contributed by atoms with Crippen molar-refractivity contribution in [1.29, 1.82) is 0 Å². The molecule has 0 radical (unpaired) electrons. The molecule has 3 rings (SSSR count). The van der Waals surface area contributed by atoms with E-state index in [0.717, 1.165) is 50.1 Å². The zero-order valence-corrected chi connectivity index (χ0v) is 17.3. The molecule has 1 N–H and O–H groups in total. The number of rotatable bonds is 6. The van der Waals surface area contributed by atoms with Crippen LogP contribution >= 0.6 is 0 Å². The monoisotopic (exact) mass is 394 g/mol. The summed E-state index contributed by atoms with van der Waals surface area (Å²) in [6, 6.07) is 17.2. The van der Waals surface area contributed by atoms with E-state index < -0.39 is 5.41 Å². The quantitative estimate of drug-likeness (QED) is 0.727. The fourth-order valence-corrected chi connectivity index (χ4v) is 3.43. The summed E-state index contributed by atoms with van der Waals surface area (Å²) in [6.07, 6.45) is 4.31. The maximum absolute atomic E-state index is 12.9. The zero-order valence-electron chi connectivity index (χ0n) is 17.3. The Kier molecular flexibility index (Phi) is 6.91. The van der Waals surface area contributed by atoms with Gasteiger partial charge in [0.25, 0.3) is 0 Å². The molecule has 1 aliphatic heterocycles.